The van der Waals surface area contributed by atoms with Gasteiger partial charge in [0.2, 0.25) is 0 Å². The second kappa shape index (κ2) is 10.1. The molecule has 0 bridgehead atoms. The van der Waals surface area contributed by atoms with Gasteiger partial charge < -0.3 is 15.2 Å². The fourth-order valence-electron chi connectivity index (χ4n) is 3.27. The van der Waals surface area contributed by atoms with Crippen molar-refractivity contribution < 1.29 is 27.8 Å². The summed E-state index contributed by atoms with van der Waals surface area (Å²) < 4.78 is 37.3. The predicted octanol–water partition coefficient (Wildman–Crippen LogP) is 4.77. The number of alkyl halides is 3. The maximum atomic E-state index is 10.6. The Kier molecular flexibility index (Phi) is 8.05. The summed E-state index contributed by atoms with van der Waals surface area (Å²) in [6.07, 6.45) is -2.58. The lowest BCUT2D eigenvalue weighted by atomic mass is 9.83. The van der Waals surface area contributed by atoms with E-state index < -0.39 is 12.1 Å². The molecule has 4 nitrogen and oxygen atoms in total. The zero-order valence-corrected chi connectivity index (χ0v) is 16.8. The number of carbonyl (C=O) groups is 1. The van der Waals surface area contributed by atoms with Gasteiger partial charge in [0, 0.05) is 25.1 Å². The molecule has 2 aromatic carbocycles. The van der Waals surface area contributed by atoms with Crippen LogP contribution >= 0.6 is 0 Å². The molecule has 2 aromatic rings. The Labute approximate surface area is 169 Å². The number of hydrogen-bond acceptors (Lipinski definition) is 3. The molecule has 1 fully saturated rings. The Morgan fingerprint density at radius 3 is 2.41 bits per heavy atom. The van der Waals surface area contributed by atoms with Crippen molar-refractivity contribution in [2.45, 2.75) is 38.3 Å². The van der Waals surface area contributed by atoms with E-state index in [1.54, 1.807) is 0 Å². The number of hydrogen-bond donors (Lipinski definition) is 2. The van der Waals surface area contributed by atoms with Gasteiger partial charge in [-0.25, -0.2) is 4.79 Å². The number of aliphatic carboxylic acids is 1. The van der Waals surface area contributed by atoms with Gasteiger partial charge in [-0.2, -0.15) is 13.2 Å². The molecule has 1 aliphatic rings. The number of halogens is 3. The van der Waals surface area contributed by atoms with Crippen molar-refractivity contribution in [3.8, 4) is 0 Å². The number of benzene rings is 2. The first-order valence-corrected chi connectivity index (χ1v) is 9.67. The van der Waals surface area contributed by atoms with E-state index in [1.807, 2.05) is 0 Å². The summed E-state index contributed by atoms with van der Waals surface area (Å²) in [6.45, 7) is 8.57. The average Bonchev–Trinajstić information content (AvgIpc) is 2.68. The minimum Gasteiger partial charge on any atom is -0.475 e. The summed E-state index contributed by atoms with van der Waals surface area (Å²) in [5.41, 5.74) is 1.54. The van der Waals surface area contributed by atoms with Crippen molar-refractivity contribution >= 4 is 16.7 Å². The minimum absolute atomic E-state index is 0.138. The van der Waals surface area contributed by atoms with Gasteiger partial charge in [-0.3, -0.25) is 0 Å². The highest BCUT2D eigenvalue weighted by Crippen LogP contribution is 2.26. The molecule has 1 atom stereocenters. The summed E-state index contributed by atoms with van der Waals surface area (Å²) in [4.78, 5) is 8.90. The molecule has 0 saturated carbocycles. The SMILES string of the molecule is CC(C)(CNCC1CCCOC1)c1ccc2ccccc2c1.O=C(O)C(F)(F)F. The molecule has 29 heavy (non-hydrogen) atoms. The Bertz CT molecular complexity index is 799. The Balaban J connectivity index is 0.000000370. The van der Waals surface area contributed by atoms with Crippen LogP contribution in [0.15, 0.2) is 42.5 Å². The number of rotatable bonds is 5. The number of nitrogens with one attached hydrogen (secondary N) is 1. The van der Waals surface area contributed by atoms with E-state index >= 15 is 0 Å². The van der Waals surface area contributed by atoms with Crippen LogP contribution < -0.4 is 5.32 Å². The van der Waals surface area contributed by atoms with E-state index in [-0.39, 0.29) is 5.41 Å². The maximum absolute atomic E-state index is 10.6. The summed E-state index contributed by atoms with van der Waals surface area (Å²) in [5.74, 6) is -2.08. The van der Waals surface area contributed by atoms with Gasteiger partial charge >= 0.3 is 12.1 Å². The molecule has 160 valence electrons. The van der Waals surface area contributed by atoms with Crippen molar-refractivity contribution in [2.24, 2.45) is 5.92 Å². The van der Waals surface area contributed by atoms with Gasteiger partial charge in [-0.1, -0.05) is 56.3 Å². The monoisotopic (exact) mass is 411 g/mol. The first-order chi connectivity index (χ1) is 13.6. The van der Waals surface area contributed by atoms with Crippen LogP contribution in [0.5, 0.6) is 0 Å². The first kappa shape index (κ1) is 23.2. The number of fused-ring (bicyclic) bond motifs is 1. The van der Waals surface area contributed by atoms with E-state index in [1.165, 1.54) is 29.2 Å². The summed E-state index contributed by atoms with van der Waals surface area (Å²) >= 11 is 0. The van der Waals surface area contributed by atoms with Gasteiger partial charge in [0.25, 0.3) is 0 Å². The molecule has 1 aliphatic heterocycles. The first-order valence-electron chi connectivity index (χ1n) is 9.67. The molecule has 7 heteroatoms. The highest BCUT2D eigenvalue weighted by Gasteiger charge is 2.38. The van der Waals surface area contributed by atoms with Crippen molar-refractivity contribution in [1.82, 2.24) is 5.32 Å². The molecule has 1 unspecified atom stereocenters. The van der Waals surface area contributed by atoms with Crippen LogP contribution in [0.2, 0.25) is 0 Å². The lowest BCUT2D eigenvalue weighted by Gasteiger charge is -2.28. The third-order valence-corrected chi connectivity index (χ3v) is 5.03. The fraction of sp³-hybridized carbons (Fsp3) is 0.500. The topological polar surface area (TPSA) is 58.6 Å². The Morgan fingerprint density at radius 1 is 1.17 bits per heavy atom. The standard InChI is InChI=1S/C20H27NO.C2HF3O2/c1-20(2,15-21-13-16-6-5-11-22-14-16)19-10-9-17-7-3-4-8-18(17)12-19;3-2(4,5)1(6)7/h3-4,7-10,12,16,21H,5-6,11,13-15H2,1-2H3;(H,6,7). The lowest BCUT2D eigenvalue weighted by molar-refractivity contribution is -0.192. The number of carboxylic acids is 1. The van der Waals surface area contributed by atoms with Gasteiger partial charge in [0.1, 0.15) is 0 Å². The summed E-state index contributed by atoms with van der Waals surface area (Å²) in [5, 5.41) is 13.4. The third kappa shape index (κ3) is 7.33. The van der Waals surface area contributed by atoms with Crippen LogP contribution in [0, 0.1) is 5.92 Å². The maximum Gasteiger partial charge on any atom is 0.490 e. The molecule has 1 heterocycles. The van der Waals surface area contributed by atoms with Crippen LogP contribution in [0.4, 0.5) is 13.2 Å². The highest BCUT2D eigenvalue weighted by molar-refractivity contribution is 5.83. The normalized spacial score (nSPS) is 17.5. The molecular formula is C22H28F3NO3. The predicted molar refractivity (Wildman–Crippen MR) is 107 cm³/mol. The molecule has 0 spiro atoms. The molecule has 3 rings (SSSR count). The third-order valence-electron chi connectivity index (χ3n) is 5.03. The Morgan fingerprint density at radius 2 is 1.83 bits per heavy atom. The van der Waals surface area contributed by atoms with Crippen LogP contribution in [-0.2, 0) is 14.9 Å². The summed E-state index contributed by atoms with van der Waals surface area (Å²) in [7, 11) is 0. The van der Waals surface area contributed by atoms with E-state index in [0.29, 0.717) is 5.92 Å². The van der Waals surface area contributed by atoms with Crippen LogP contribution in [0.25, 0.3) is 10.8 Å². The van der Waals surface area contributed by atoms with Gasteiger partial charge in [-0.05, 0) is 35.1 Å². The molecule has 1 saturated heterocycles. The van der Waals surface area contributed by atoms with Crippen LogP contribution in [-0.4, -0.2) is 43.6 Å². The van der Waals surface area contributed by atoms with Gasteiger partial charge in [0.05, 0.1) is 6.61 Å². The van der Waals surface area contributed by atoms with Gasteiger partial charge in [-0.15, -0.1) is 0 Å². The number of ether oxygens (including phenoxy) is 1. The van der Waals surface area contributed by atoms with Crippen LogP contribution in [0.3, 0.4) is 0 Å². The molecular weight excluding hydrogens is 383 g/mol. The van der Waals surface area contributed by atoms with E-state index in [9.17, 15) is 13.2 Å². The van der Waals surface area contributed by atoms with Crippen molar-refractivity contribution in [3.63, 3.8) is 0 Å². The van der Waals surface area contributed by atoms with Crippen LogP contribution in [0.1, 0.15) is 32.3 Å². The zero-order chi connectivity index (χ0) is 21.5. The molecule has 2 N–H and O–H groups in total. The largest absolute Gasteiger partial charge is 0.490 e. The van der Waals surface area contributed by atoms with Gasteiger partial charge in [0.15, 0.2) is 0 Å². The van der Waals surface area contributed by atoms with Crippen molar-refractivity contribution in [3.05, 3.63) is 48.0 Å². The van der Waals surface area contributed by atoms with E-state index in [0.717, 1.165) is 26.3 Å². The zero-order valence-electron chi connectivity index (χ0n) is 16.8. The Hall–Kier alpha value is -2.12. The number of carboxylic acid groups (broad SMARTS) is 1. The van der Waals surface area contributed by atoms with Crippen molar-refractivity contribution in [1.29, 1.82) is 0 Å². The smallest absolute Gasteiger partial charge is 0.475 e. The fourth-order valence-corrected chi connectivity index (χ4v) is 3.27. The quantitative estimate of drug-likeness (QED) is 0.744. The second-order valence-corrected chi connectivity index (χ2v) is 7.96. The lowest BCUT2D eigenvalue weighted by Crippen LogP contribution is -2.37. The second-order valence-electron chi connectivity index (χ2n) is 7.96. The van der Waals surface area contributed by atoms with Crippen molar-refractivity contribution in [2.75, 3.05) is 26.3 Å². The molecule has 0 radical (unpaired) electrons. The minimum atomic E-state index is -5.08. The van der Waals surface area contributed by atoms with E-state index in [4.69, 9.17) is 14.6 Å². The van der Waals surface area contributed by atoms with E-state index in [2.05, 4.69) is 61.6 Å². The summed E-state index contributed by atoms with van der Waals surface area (Å²) in [6, 6.07) is 15.4. The highest BCUT2D eigenvalue weighted by atomic mass is 19.4. The molecule has 0 amide bonds. The molecule has 0 aromatic heterocycles. The average molecular weight is 411 g/mol. The molecule has 0 aliphatic carbocycles.